The average Bonchev–Trinajstić information content (AvgIpc) is 2.49. The van der Waals surface area contributed by atoms with Crippen molar-refractivity contribution in [3.05, 3.63) is 22.3 Å². The van der Waals surface area contributed by atoms with E-state index in [1.165, 1.54) is 0 Å². The van der Waals surface area contributed by atoms with Gasteiger partial charge in [-0.25, -0.2) is 4.98 Å². The summed E-state index contributed by atoms with van der Waals surface area (Å²) in [5.74, 6) is 0.342. The Labute approximate surface area is 130 Å². The lowest BCUT2D eigenvalue weighted by Gasteiger charge is -2.42. The van der Waals surface area contributed by atoms with Crippen LogP contribution >= 0.6 is 15.9 Å². The van der Waals surface area contributed by atoms with Crippen LogP contribution in [0.2, 0.25) is 0 Å². The van der Waals surface area contributed by atoms with Crippen molar-refractivity contribution in [1.29, 1.82) is 0 Å². The predicted molar refractivity (Wildman–Crippen MR) is 79.6 cm³/mol. The molecule has 1 spiro atoms. The molecule has 112 valence electrons. The van der Waals surface area contributed by atoms with Gasteiger partial charge < -0.3 is 15.3 Å². The Hall–Kier alpha value is -1.47. The fourth-order valence-electron chi connectivity index (χ4n) is 3.10. The minimum atomic E-state index is -0.473. The van der Waals surface area contributed by atoms with Crippen molar-refractivity contribution in [2.75, 3.05) is 25.0 Å². The van der Waals surface area contributed by atoms with Crippen LogP contribution in [0.25, 0.3) is 0 Å². The highest BCUT2D eigenvalue weighted by molar-refractivity contribution is 9.10. The van der Waals surface area contributed by atoms with E-state index in [2.05, 4.69) is 26.2 Å². The first-order chi connectivity index (χ1) is 10.0. The quantitative estimate of drug-likeness (QED) is 0.787. The van der Waals surface area contributed by atoms with E-state index in [1.807, 2.05) is 6.07 Å². The number of nitrogens with one attached hydrogen (secondary N) is 1. The van der Waals surface area contributed by atoms with Gasteiger partial charge in [0, 0.05) is 23.8 Å². The van der Waals surface area contributed by atoms with Gasteiger partial charge in [0.2, 0.25) is 11.8 Å². The van der Waals surface area contributed by atoms with Crippen LogP contribution in [0.15, 0.2) is 16.7 Å². The molecule has 0 atom stereocenters. The highest BCUT2D eigenvalue weighted by Crippen LogP contribution is 2.41. The van der Waals surface area contributed by atoms with Gasteiger partial charge in [-0.2, -0.15) is 0 Å². The number of amides is 2. The van der Waals surface area contributed by atoms with Crippen LogP contribution in [0.4, 0.5) is 5.82 Å². The molecule has 0 saturated carbocycles. The minimum Gasteiger partial charge on any atom is -0.387 e. The first kappa shape index (κ1) is 14.5. The number of nitrogens with zero attached hydrogens (tertiary/aromatic N) is 2. The van der Waals surface area contributed by atoms with Crippen LogP contribution in [0.1, 0.15) is 18.4 Å². The van der Waals surface area contributed by atoms with Crippen LogP contribution in [0, 0.1) is 5.41 Å². The van der Waals surface area contributed by atoms with E-state index < -0.39 is 12.0 Å². The van der Waals surface area contributed by atoms with Crippen LogP contribution < -0.4 is 5.32 Å². The van der Waals surface area contributed by atoms with Gasteiger partial charge in [-0.3, -0.25) is 9.59 Å². The summed E-state index contributed by atoms with van der Waals surface area (Å²) >= 11 is 3.40. The molecule has 6 nitrogen and oxygen atoms in total. The fraction of sp³-hybridized carbons (Fsp3) is 0.500. The average molecular weight is 354 g/mol. The van der Waals surface area contributed by atoms with E-state index in [-0.39, 0.29) is 11.8 Å². The fourth-order valence-corrected chi connectivity index (χ4v) is 3.48. The molecular weight excluding hydrogens is 338 g/mol. The molecule has 0 radical (unpaired) electrons. The van der Waals surface area contributed by atoms with E-state index in [0.717, 1.165) is 10.0 Å². The number of anilines is 1. The molecule has 1 fully saturated rings. The number of carbonyl (C=O) groups excluding carboxylic acids is 2. The predicted octanol–water partition coefficient (Wildman–Crippen LogP) is 0.940. The van der Waals surface area contributed by atoms with Crippen LogP contribution in [-0.2, 0) is 16.0 Å². The number of aromatic nitrogens is 1. The Morgan fingerprint density at radius 2 is 2.19 bits per heavy atom. The number of hydrogen-bond donors (Lipinski definition) is 2. The van der Waals surface area contributed by atoms with Crippen molar-refractivity contribution < 1.29 is 14.7 Å². The lowest BCUT2D eigenvalue weighted by Crippen LogP contribution is -2.51. The van der Waals surface area contributed by atoms with Gasteiger partial charge in [-0.1, -0.05) is 0 Å². The molecule has 21 heavy (non-hydrogen) atoms. The summed E-state index contributed by atoms with van der Waals surface area (Å²) < 4.78 is 0.889. The number of aliphatic hydroxyl groups is 1. The summed E-state index contributed by atoms with van der Waals surface area (Å²) in [4.78, 5) is 29.8. The molecule has 0 aliphatic carbocycles. The van der Waals surface area contributed by atoms with Crippen molar-refractivity contribution in [1.82, 2.24) is 9.88 Å². The zero-order chi connectivity index (χ0) is 15.0. The van der Waals surface area contributed by atoms with Gasteiger partial charge in [-0.05, 0) is 46.8 Å². The third-order valence-corrected chi connectivity index (χ3v) is 4.82. The van der Waals surface area contributed by atoms with Crippen molar-refractivity contribution in [3.8, 4) is 0 Å². The number of aliphatic hydroxyl groups excluding tert-OH is 1. The Morgan fingerprint density at radius 3 is 2.86 bits per heavy atom. The number of halogens is 1. The lowest BCUT2D eigenvalue weighted by atomic mass is 9.71. The molecule has 0 bridgehead atoms. The second-order valence-electron chi connectivity index (χ2n) is 5.61. The monoisotopic (exact) mass is 353 g/mol. The summed E-state index contributed by atoms with van der Waals surface area (Å²) in [5.41, 5.74) is 0.549. The number of rotatable bonds is 1. The van der Waals surface area contributed by atoms with E-state index in [0.29, 0.717) is 38.2 Å². The van der Waals surface area contributed by atoms with E-state index in [4.69, 9.17) is 5.11 Å². The Morgan fingerprint density at radius 1 is 1.48 bits per heavy atom. The minimum absolute atomic E-state index is 0.0130. The molecule has 1 saturated heterocycles. The smallest absolute Gasteiger partial charge is 0.248 e. The lowest BCUT2D eigenvalue weighted by molar-refractivity contribution is -0.140. The first-order valence-corrected chi connectivity index (χ1v) is 7.68. The number of carbonyl (C=O) groups is 2. The summed E-state index contributed by atoms with van der Waals surface area (Å²) in [7, 11) is 0. The van der Waals surface area contributed by atoms with Crippen LogP contribution in [0.3, 0.4) is 0 Å². The third kappa shape index (κ3) is 2.55. The maximum absolute atomic E-state index is 12.4. The zero-order valence-corrected chi connectivity index (χ0v) is 13.0. The molecule has 0 unspecified atom stereocenters. The van der Waals surface area contributed by atoms with Crippen molar-refractivity contribution in [2.45, 2.75) is 19.3 Å². The number of fused-ring (bicyclic) bond motifs is 1. The molecule has 2 amide bonds. The molecule has 1 aromatic heterocycles. The van der Waals surface area contributed by atoms with Gasteiger partial charge in [0.1, 0.15) is 12.4 Å². The molecule has 3 heterocycles. The second kappa shape index (κ2) is 5.38. The Balaban J connectivity index is 1.81. The summed E-state index contributed by atoms with van der Waals surface area (Å²) in [5, 5.41) is 11.8. The molecule has 2 aliphatic rings. The molecule has 2 N–H and O–H groups in total. The standard InChI is InChI=1S/C14H16BrN3O3/c15-10-5-9-6-14(13(21)17-12(9)16-7-10)1-3-18(4-2-14)11(20)8-19/h5,7,19H,1-4,6,8H2,(H,16,17,21). The van der Waals surface area contributed by atoms with Gasteiger partial charge in [0.05, 0.1) is 5.41 Å². The largest absolute Gasteiger partial charge is 0.387 e. The summed E-state index contributed by atoms with van der Waals surface area (Å²) in [6, 6.07) is 1.98. The number of hydrogen-bond acceptors (Lipinski definition) is 4. The molecule has 1 aromatic rings. The molecule has 0 aromatic carbocycles. The van der Waals surface area contributed by atoms with Crippen molar-refractivity contribution in [3.63, 3.8) is 0 Å². The maximum atomic E-state index is 12.4. The van der Waals surface area contributed by atoms with Crippen LogP contribution in [0.5, 0.6) is 0 Å². The Bertz CT molecular complexity index is 597. The number of likely N-dealkylation sites (tertiary alicyclic amines) is 1. The van der Waals surface area contributed by atoms with Gasteiger partial charge in [0.25, 0.3) is 0 Å². The first-order valence-electron chi connectivity index (χ1n) is 6.89. The second-order valence-corrected chi connectivity index (χ2v) is 6.53. The number of pyridine rings is 1. The summed E-state index contributed by atoms with van der Waals surface area (Å²) in [6.45, 7) is 0.534. The van der Waals surface area contributed by atoms with E-state index in [9.17, 15) is 9.59 Å². The maximum Gasteiger partial charge on any atom is 0.248 e. The van der Waals surface area contributed by atoms with Gasteiger partial charge in [0.15, 0.2) is 0 Å². The van der Waals surface area contributed by atoms with Crippen LogP contribution in [-0.4, -0.2) is 46.5 Å². The normalized spacial score (nSPS) is 20.1. The van der Waals surface area contributed by atoms with Gasteiger partial charge in [-0.15, -0.1) is 0 Å². The summed E-state index contributed by atoms with van der Waals surface area (Å²) in [6.07, 6.45) is 3.52. The van der Waals surface area contributed by atoms with E-state index >= 15 is 0 Å². The third-order valence-electron chi connectivity index (χ3n) is 4.38. The van der Waals surface area contributed by atoms with Crippen molar-refractivity contribution in [2.24, 2.45) is 5.41 Å². The highest BCUT2D eigenvalue weighted by Gasteiger charge is 2.45. The SMILES string of the molecule is O=C(CO)N1CCC2(CC1)Cc1cc(Br)cnc1NC2=O. The zero-order valence-electron chi connectivity index (χ0n) is 11.4. The van der Waals surface area contributed by atoms with E-state index in [1.54, 1.807) is 11.1 Å². The topological polar surface area (TPSA) is 82.5 Å². The molecule has 7 heteroatoms. The van der Waals surface area contributed by atoms with Crippen molar-refractivity contribution >= 4 is 33.6 Å². The molecule has 3 rings (SSSR count). The van der Waals surface area contributed by atoms with Gasteiger partial charge >= 0.3 is 0 Å². The Kier molecular flexibility index (Phi) is 3.71. The molecule has 2 aliphatic heterocycles. The number of piperidine rings is 1. The molecular formula is C14H16BrN3O3. The highest BCUT2D eigenvalue weighted by atomic mass is 79.9.